The second-order valence-electron chi connectivity index (χ2n) is 6.29. The molecule has 0 aliphatic rings. The summed E-state index contributed by atoms with van der Waals surface area (Å²) in [5.74, 6) is -0.0645. The number of aromatic amines is 1. The molecule has 0 spiro atoms. The number of amides is 1. The first-order valence-electron chi connectivity index (χ1n) is 7.58. The first-order valence-corrected chi connectivity index (χ1v) is 8.38. The predicted octanol–water partition coefficient (Wildman–Crippen LogP) is 4.64. The van der Waals surface area contributed by atoms with E-state index in [2.05, 4.69) is 52.2 Å². The third kappa shape index (κ3) is 3.17. The fraction of sp³-hybridized carbons (Fsp3) is 0.211. The summed E-state index contributed by atoms with van der Waals surface area (Å²) >= 11 is 3.42. The molecule has 2 aromatic carbocycles. The molecule has 0 fully saturated rings. The van der Waals surface area contributed by atoms with E-state index < -0.39 is 0 Å². The molecule has 2 N–H and O–H groups in total. The third-order valence-electron chi connectivity index (χ3n) is 4.13. The Balaban J connectivity index is 1.79. The highest BCUT2D eigenvalue weighted by Crippen LogP contribution is 2.30. The molecule has 1 aromatic heterocycles. The minimum Gasteiger partial charge on any atom is -0.361 e. The maximum atomic E-state index is 12.4. The fourth-order valence-corrected chi connectivity index (χ4v) is 3.23. The fourth-order valence-electron chi connectivity index (χ4n) is 2.77. The van der Waals surface area contributed by atoms with E-state index in [1.54, 1.807) is 0 Å². The van der Waals surface area contributed by atoms with Crippen LogP contribution >= 0.6 is 15.9 Å². The van der Waals surface area contributed by atoms with Crippen molar-refractivity contribution >= 4 is 32.7 Å². The number of aromatic nitrogens is 1. The summed E-state index contributed by atoms with van der Waals surface area (Å²) in [6.07, 6.45) is 2.04. The minimum atomic E-state index is -0.170. The van der Waals surface area contributed by atoms with Gasteiger partial charge in [-0.2, -0.15) is 0 Å². The molecule has 0 saturated heterocycles. The van der Waals surface area contributed by atoms with E-state index in [1.165, 1.54) is 10.9 Å². The maximum Gasteiger partial charge on any atom is 0.252 e. The van der Waals surface area contributed by atoms with Gasteiger partial charge in [0.15, 0.2) is 0 Å². The number of carbonyl (C=O) groups excluding carboxylic acids is 1. The molecule has 23 heavy (non-hydrogen) atoms. The van der Waals surface area contributed by atoms with Gasteiger partial charge >= 0.3 is 0 Å². The average Bonchev–Trinajstić information content (AvgIpc) is 2.98. The maximum absolute atomic E-state index is 12.4. The van der Waals surface area contributed by atoms with Crippen LogP contribution in [0, 0.1) is 0 Å². The molecule has 0 saturated carbocycles. The summed E-state index contributed by atoms with van der Waals surface area (Å²) in [6, 6.07) is 15.7. The van der Waals surface area contributed by atoms with Gasteiger partial charge in [-0.1, -0.05) is 44.2 Å². The number of hydrogen-bond acceptors (Lipinski definition) is 1. The minimum absolute atomic E-state index is 0.0645. The Morgan fingerprint density at radius 3 is 2.61 bits per heavy atom. The Kier molecular flexibility index (Phi) is 4.26. The largest absolute Gasteiger partial charge is 0.361 e. The molecule has 4 heteroatoms. The van der Waals surface area contributed by atoms with Gasteiger partial charge in [0, 0.05) is 33.5 Å². The Morgan fingerprint density at radius 1 is 1.13 bits per heavy atom. The van der Waals surface area contributed by atoms with Crippen molar-refractivity contribution in [3.05, 3.63) is 70.3 Å². The molecule has 0 radical (unpaired) electrons. The Labute approximate surface area is 144 Å². The van der Waals surface area contributed by atoms with Crippen LogP contribution in [0.1, 0.15) is 29.8 Å². The van der Waals surface area contributed by atoms with Gasteiger partial charge in [0.25, 0.3) is 5.91 Å². The zero-order valence-corrected chi connectivity index (χ0v) is 14.8. The van der Waals surface area contributed by atoms with Crippen LogP contribution in [-0.4, -0.2) is 17.4 Å². The monoisotopic (exact) mass is 370 g/mol. The lowest BCUT2D eigenvalue weighted by Gasteiger charge is -2.25. The van der Waals surface area contributed by atoms with Crippen LogP contribution in [0.3, 0.4) is 0 Å². The second kappa shape index (κ2) is 6.20. The van der Waals surface area contributed by atoms with E-state index in [-0.39, 0.29) is 11.3 Å². The Morgan fingerprint density at radius 2 is 1.83 bits per heavy atom. The number of H-pyrrole nitrogens is 1. The SMILES string of the molecule is CC(C)(CNC(=O)c1ccccc1Br)c1c[nH]c2ccccc12. The van der Waals surface area contributed by atoms with Crippen molar-refractivity contribution in [1.82, 2.24) is 10.3 Å². The lowest BCUT2D eigenvalue weighted by Crippen LogP contribution is -2.36. The lowest BCUT2D eigenvalue weighted by molar-refractivity contribution is 0.0945. The van der Waals surface area contributed by atoms with Crippen LogP contribution in [0.4, 0.5) is 0 Å². The van der Waals surface area contributed by atoms with Gasteiger partial charge in [0.1, 0.15) is 0 Å². The molecule has 0 aliphatic carbocycles. The number of para-hydroxylation sites is 1. The molecule has 0 unspecified atom stereocenters. The highest BCUT2D eigenvalue weighted by atomic mass is 79.9. The Bertz CT molecular complexity index is 851. The molecule has 3 rings (SSSR count). The first kappa shape index (κ1) is 15.8. The van der Waals surface area contributed by atoms with Crippen molar-refractivity contribution in [2.24, 2.45) is 0 Å². The van der Waals surface area contributed by atoms with Crippen LogP contribution in [0.5, 0.6) is 0 Å². The van der Waals surface area contributed by atoms with E-state index in [0.29, 0.717) is 12.1 Å². The van der Waals surface area contributed by atoms with Crippen molar-refractivity contribution in [3.8, 4) is 0 Å². The normalized spacial score (nSPS) is 11.6. The summed E-state index contributed by atoms with van der Waals surface area (Å²) in [4.78, 5) is 15.7. The predicted molar refractivity (Wildman–Crippen MR) is 97.8 cm³/mol. The molecular weight excluding hydrogens is 352 g/mol. The number of benzene rings is 2. The van der Waals surface area contributed by atoms with Gasteiger partial charge in [-0.3, -0.25) is 4.79 Å². The summed E-state index contributed by atoms with van der Waals surface area (Å²) in [6.45, 7) is 4.85. The quantitative estimate of drug-likeness (QED) is 0.690. The highest BCUT2D eigenvalue weighted by molar-refractivity contribution is 9.10. The van der Waals surface area contributed by atoms with Gasteiger partial charge in [0.2, 0.25) is 0 Å². The van der Waals surface area contributed by atoms with Gasteiger partial charge in [0.05, 0.1) is 5.56 Å². The number of fused-ring (bicyclic) bond motifs is 1. The highest BCUT2D eigenvalue weighted by Gasteiger charge is 2.25. The van der Waals surface area contributed by atoms with Gasteiger partial charge < -0.3 is 10.3 Å². The summed E-state index contributed by atoms with van der Waals surface area (Å²) in [7, 11) is 0. The zero-order chi connectivity index (χ0) is 16.4. The number of halogens is 1. The number of hydrogen-bond donors (Lipinski definition) is 2. The van der Waals surface area contributed by atoms with E-state index in [1.807, 2.05) is 42.6 Å². The van der Waals surface area contributed by atoms with E-state index in [4.69, 9.17) is 0 Å². The van der Waals surface area contributed by atoms with E-state index in [0.717, 1.165) is 9.99 Å². The van der Waals surface area contributed by atoms with Crippen LogP contribution in [0.15, 0.2) is 59.2 Å². The van der Waals surface area contributed by atoms with Crippen molar-refractivity contribution < 1.29 is 4.79 Å². The molecule has 3 aromatic rings. The molecular formula is C19H19BrN2O. The van der Waals surface area contributed by atoms with Crippen molar-refractivity contribution in [1.29, 1.82) is 0 Å². The standard InChI is InChI=1S/C19H19BrN2O/c1-19(2,15-11-21-17-10-6-4-7-13(15)17)12-22-18(23)14-8-3-5-9-16(14)20/h3-11,21H,12H2,1-2H3,(H,22,23). The Hall–Kier alpha value is -2.07. The molecule has 118 valence electrons. The lowest BCUT2D eigenvalue weighted by atomic mass is 9.84. The van der Waals surface area contributed by atoms with Gasteiger partial charge in [-0.15, -0.1) is 0 Å². The second-order valence-corrected chi connectivity index (χ2v) is 7.15. The summed E-state index contributed by atoms with van der Waals surface area (Å²) in [5.41, 5.74) is 2.81. The van der Waals surface area contributed by atoms with Crippen molar-refractivity contribution in [2.45, 2.75) is 19.3 Å². The molecule has 1 amide bonds. The van der Waals surface area contributed by atoms with E-state index in [9.17, 15) is 4.79 Å². The van der Waals surface area contributed by atoms with Crippen molar-refractivity contribution in [2.75, 3.05) is 6.54 Å². The molecule has 1 heterocycles. The zero-order valence-electron chi connectivity index (χ0n) is 13.2. The number of rotatable bonds is 4. The molecule has 3 nitrogen and oxygen atoms in total. The number of carbonyl (C=O) groups is 1. The van der Waals surface area contributed by atoms with E-state index >= 15 is 0 Å². The molecule has 0 bridgehead atoms. The third-order valence-corrected chi connectivity index (χ3v) is 4.82. The first-order chi connectivity index (χ1) is 11.0. The van der Waals surface area contributed by atoms with Gasteiger partial charge in [-0.05, 0) is 39.7 Å². The summed E-state index contributed by atoms with van der Waals surface area (Å²) in [5, 5.41) is 4.25. The van der Waals surface area contributed by atoms with Gasteiger partial charge in [-0.25, -0.2) is 0 Å². The van der Waals surface area contributed by atoms with Crippen LogP contribution in [0.25, 0.3) is 10.9 Å². The number of nitrogens with one attached hydrogen (secondary N) is 2. The summed E-state index contributed by atoms with van der Waals surface area (Å²) < 4.78 is 0.808. The van der Waals surface area contributed by atoms with Crippen LogP contribution in [0.2, 0.25) is 0 Å². The van der Waals surface area contributed by atoms with Crippen LogP contribution < -0.4 is 5.32 Å². The van der Waals surface area contributed by atoms with Crippen LogP contribution in [-0.2, 0) is 5.41 Å². The topological polar surface area (TPSA) is 44.9 Å². The molecule has 0 aliphatic heterocycles. The molecule has 0 atom stereocenters. The smallest absolute Gasteiger partial charge is 0.252 e. The average molecular weight is 371 g/mol. The van der Waals surface area contributed by atoms with Crippen molar-refractivity contribution in [3.63, 3.8) is 0 Å².